The third kappa shape index (κ3) is 6.54. The molecule has 0 aliphatic carbocycles. The van der Waals surface area contributed by atoms with Crippen molar-refractivity contribution in [1.82, 2.24) is 9.80 Å². The summed E-state index contributed by atoms with van der Waals surface area (Å²) in [4.78, 5) is 30.7. The number of nitrogens with zero attached hydrogens (tertiary/aromatic N) is 2. The van der Waals surface area contributed by atoms with Crippen LogP contribution in [0.25, 0.3) is 0 Å². The van der Waals surface area contributed by atoms with Gasteiger partial charge in [-0.1, -0.05) is 73.0 Å². The van der Waals surface area contributed by atoms with Crippen LogP contribution in [-0.4, -0.2) is 54.4 Å². The molecule has 0 unspecified atom stereocenters. The van der Waals surface area contributed by atoms with Gasteiger partial charge in [-0.05, 0) is 56.0 Å². The molecule has 0 fully saturated rings. The van der Waals surface area contributed by atoms with Gasteiger partial charge in [-0.2, -0.15) is 0 Å². The zero-order valence-electron chi connectivity index (χ0n) is 21.4. The van der Waals surface area contributed by atoms with E-state index in [2.05, 4.69) is 12.1 Å². The first-order chi connectivity index (χ1) is 17.5. The lowest BCUT2D eigenvalue weighted by atomic mass is 10.0. The standard InChI is InChI=1S/C31H36N2O3/c1-24-16-18-26(19-17-24)30(34)33-21-11-4-3-10-20-32(2)31(35)28-14-8-9-15-29(28)36-23-27(33)22-25-12-6-5-7-13-25/h5-9,12-19,27H,3-4,10-11,20-23H2,1-2H3/t27-/m1/s1. The van der Waals surface area contributed by atoms with Crippen molar-refractivity contribution in [2.75, 3.05) is 26.7 Å². The van der Waals surface area contributed by atoms with Crippen LogP contribution < -0.4 is 4.74 Å². The lowest BCUT2D eigenvalue weighted by molar-refractivity contribution is 0.0599. The summed E-state index contributed by atoms with van der Waals surface area (Å²) < 4.78 is 6.33. The molecule has 4 rings (SSSR count). The monoisotopic (exact) mass is 484 g/mol. The number of para-hydroxylation sites is 1. The van der Waals surface area contributed by atoms with E-state index in [4.69, 9.17) is 4.74 Å². The molecule has 3 aromatic rings. The molecule has 0 saturated carbocycles. The summed E-state index contributed by atoms with van der Waals surface area (Å²) >= 11 is 0. The number of fused-ring (bicyclic) bond motifs is 1. The van der Waals surface area contributed by atoms with Crippen LogP contribution in [0.15, 0.2) is 78.9 Å². The topological polar surface area (TPSA) is 49.9 Å². The SMILES string of the molecule is Cc1ccc(C(=O)N2CCCCCCN(C)C(=O)c3ccccc3OC[C@H]2Cc2ccccc2)cc1. The zero-order chi connectivity index (χ0) is 25.3. The van der Waals surface area contributed by atoms with E-state index in [9.17, 15) is 9.59 Å². The Morgan fingerprint density at radius 2 is 1.53 bits per heavy atom. The summed E-state index contributed by atoms with van der Waals surface area (Å²) in [5, 5.41) is 0. The Morgan fingerprint density at radius 3 is 2.28 bits per heavy atom. The summed E-state index contributed by atoms with van der Waals surface area (Å²) in [5.74, 6) is 0.554. The zero-order valence-corrected chi connectivity index (χ0v) is 21.4. The maximum Gasteiger partial charge on any atom is 0.257 e. The highest BCUT2D eigenvalue weighted by molar-refractivity contribution is 5.97. The molecule has 36 heavy (non-hydrogen) atoms. The van der Waals surface area contributed by atoms with Gasteiger partial charge in [0, 0.05) is 25.7 Å². The lowest BCUT2D eigenvalue weighted by Gasteiger charge is -2.33. The fourth-order valence-electron chi connectivity index (χ4n) is 4.70. The number of ether oxygens (including phenoxy) is 1. The number of rotatable bonds is 3. The average molecular weight is 485 g/mol. The molecule has 5 heteroatoms. The van der Waals surface area contributed by atoms with E-state index in [0.29, 0.717) is 43.0 Å². The third-order valence-corrected chi connectivity index (χ3v) is 6.85. The van der Waals surface area contributed by atoms with Crippen molar-refractivity contribution in [3.05, 3.63) is 101 Å². The fourth-order valence-corrected chi connectivity index (χ4v) is 4.70. The summed E-state index contributed by atoms with van der Waals surface area (Å²) in [6.45, 7) is 3.71. The van der Waals surface area contributed by atoms with E-state index < -0.39 is 0 Å². The van der Waals surface area contributed by atoms with Gasteiger partial charge in [-0.15, -0.1) is 0 Å². The molecule has 0 saturated heterocycles. The molecule has 188 valence electrons. The van der Waals surface area contributed by atoms with Crippen molar-refractivity contribution < 1.29 is 14.3 Å². The van der Waals surface area contributed by atoms with Crippen LogP contribution in [0, 0.1) is 6.92 Å². The summed E-state index contributed by atoms with van der Waals surface area (Å²) in [6, 6.07) is 25.3. The molecule has 0 N–H and O–H groups in total. The molecular formula is C31H36N2O3. The number of hydrogen-bond donors (Lipinski definition) is 0. The van der Waals surface area contributed by atoms with E-state index in [1.807, 2.05) is 85.6 Å². The van der Waals surface area contributed by atoms with Crippen LogP contribution >= 0.6 is 0 Å². The van der Waals surface area contributed by atoms with Crippen molar-refractivity contribution in [3.8, 4) is 5.75 Å². The smallest absolute Gasteiger partial charge is 0.257 e. The number of carbonyl (C=O) groups excluding carboxylic acids is 2. The van der Waals surface area contributed by atoms with Crippen LogP contribution in [0.1, 0.15) is 57.5 Å². The molecule has 3 aromatic carbocycles. The Balaban J connectivity index is 1.68. The van der Waals surface area contributed by atoms with E-state index in [-0.39, 0.29) is 17.9 Å². The largest absolute Gasteiger partial charge is 0.491 e. The number of carbonyl (C=O) groups is 2. The van der Waals surface area contributed by atoms with Crippen LogP contribution in [0.2, 0.25) is 0 Å². The first-order valence-electron chi connectivity index (χ1n) is 12.9. The molecule has 0 aromatic heterocycles. The molecule has 0 radical (unpaired) electrons. The van der Waals surface area contributed by atoms with Crippen molar-refractivity contribution in [2.24, 2.45) is 0 Å². The van der Waals surface area contributed by atoms with Gasteiger partial charge in [0.25, 0.3) is 11.8 Å². The Morgan fingerprint density at radius 1 is 0.861 bits per heavy atom. The maximum atomic E-state index is 13.8. The quantitative estimate of drug-likeness (QED) is 0.474. The molecule has 2 amide bonds. The second kappa shape index (κ2) is 12.4. The number of aryl methyl sites for hydroxylation is 1. The first kappa shape index (κ1) is 25.5. The summed E-state index contributed by atoms with van der Waals surface area (Å²) in [7, 11) is 1.85. The third-order valence-electron chi connectivity index (χ3n) is 6.85. The van der Waals surface area contributed by atoms with Crippen molar-refractivity contribution in [2.45, 2.75) is 45.1 Å². The van der Waals surface area contributed by atoms with Gasteiger partial charge in [0.2, 0.25) is 0 Å². The van der Waals surface area contributed by atoms with Crippen LogP contribution in [0.3, 0.4) is 0 Å². The van der Waals surface area contributed by atoms with E-state index in [0.717, 1.165) is 36.8 Å². The fraction of sp³-hybridized carbons (Fsp3) is 0.355. The Labute approximate surface area is 214 Å². The van der Waals surface area contributed by atoms with Gasteiger partial charge in [0.15, 0.2) is 0 Å². The van der Waals surface area contributed by atoms with Crippen molar-refractivity contribution in [1.29, 1.82) is 0 Å². The highest BCUT2D eigenvalue weighted by Crippen LogP contribution is 2.23. The highest BCUT2D eigenvalue weighted by atomic mass is 16.5. The lowest BCUT2D eigenvalue weighted by Crippen LogP contribution is -2.45. The predicted octanol–water partition coefficient (Wildman–Crippen LogP) is 5.77. The number of hydrogen-bond acceptors (Lipinski definition) is 3. The summed E-state index contributed by atoms with van der Waals surface area (Å²) in [5.41, 5.74) is 3.53. The molecule has 1 aliphatic heterocycles. The van der Waals surface area contributed by atoms with Gasteiger partial charge in [0.1, 0.15) is 12.4 Å². The molecule has 0 bridgehead atoms. The van der Waals surface area contributed by atoms with Gasteiger partial charge in [-0.3, -0.25) is 9.59 Å². The van der Waals surface area contributed by atoms with E-state index in [1.165, 1.54) is 0 Å². The van der Waals surface area contributed by atoms with Crippen molar-refractivity contribution >= 4 is 11.8 Å². The Kier molecular flexibility index (Phi) is 8.77. The van der Waals surface area contributed by atoms with Gasteiger partial charge < -0.3 is 14.5 Å². The molecule has 1 aliphatic rings. The van der Waals surface area contributed by atoms with Crippen LogP contribution in [-0.2, 0) is 6.42 Å². The van der Waals surface area contributed by atoms with E-state index in [1.54, 1.807) is 4.90 Å². The predicted molar refractivity (Wildman–Crippen MR) is 144 cm³/mol. The molecule has 0 spiro atoms. The average Bonchev–Trinajstić information content (AvgIpc) is 2.90. The second-order valence-electron chi connectivity index (χ2n) is 9.66. The minimum Gasteiger partial charge on any atom is -0.491 e. The molecule has 5 nitrogen and oxygen atoms in total. The normalized spacial score (nSPS) is 17.6. The molecule has 1 heterocycles. The van der Waals surface area contributed by atoms with Gasteiger partial charge in [0.05, 0.1) is 11.6 Å². The van der Waals surface area contributed by atoms with Crippen molar-refractivity contribution in [3.63, 3.8) is 0 Å². The van der Waals surface area contributed by atoms with Gasteiger partial charge >= 0.3 is 0 Å². The second-order valence-corrected chi connectivity index (χ2v) is 9.66. The molecular weight excluding hydrogens is 448 g/mol. The van der Waals surface area contributed by atoms with Crippen LogP contribution in [0.5, 0.6) is 5.75 Å². The summed E-state index contributed by atoms with van der Waals surface area (Å²) in [6.07, 6.45) is 4.55. The maximum absolute atomic E-state index is 13.8. The Bertz CT molecular complexity index is 1140. The molecule has 1 atom stereocenters. The van der Waals surface area contributed by atoms with Gasteiger partial charge in [-0.25, -0.2) is 0 Å². The number of benzene rings is 3. The van der Waals surface area contributed by atoms with Crippen LogP contribution in [0.4, 0.5) is 0 Å². The minimum atomic E-state index is -0.176. The highest BCUT2D eigenvalue weighted by Gasteiger charge is 2.27. The minimum absolute atomic E-state index is 0.0238. The number of amides is 2. The first-order valence-corrected chi connectivity index (χ1v) is 12.9. The van der Waals surface area contributed by atoms with E-state index >= 15 is 0 Å². The Hall–Kier alpha value is -3.60.